The SMILES string of the molecule is COCCN(CCO)Cc1nncn1C. The van der Waals surface area contributed by atoms with Gasteiger partial charge in [0.2, 0.25) is 0 Å². The fraction of sp³-hybridized carbons (Fsp3) is 0.778. The number of nitrogens with zero attached hydrogens (tertiary/aromatic N) is 4. The van der Waals surface area contributed by atoms with Crippen LogP contribution in [0.3, 0.4) is 0 Å². The van der Waals surface area contributed by atoms with Crippen molar-refractivity contribution in [3.63, 3.8) is 0 Å². The Morgan fingerprint density at radius 2 is 2.33 bits per heavy atom. The summed E-state index contributed by atoms with van der Waals surface area (Å²) in [5.74, 6) is 0.888. The second-order valence-corrected chi connectivity index (χ2v) is 3.35. The first kappa shape index (κ1) is 12.1. The van der Waals surface area contributed by atoms with Crippen molar-refractivity contribution in [2.75, 3.05) is 33.4 Å². The van der Waals surface area contributed by atoms with Crippen LogP contribution in [0.1, 0.15) is 5.82 Å². The van der Waals surface area contributed by atoms with Crippen molar-refractivity contribution >= 4 is 0 Å². The van der Waals surface area contributed by atoms with E-state index in [0.717, 1.165) is 12.4 Å². The van der Waals surface area contributed by atoms with Gasteiger partial charge in [0.15, 0.2) is 0 Å². The molecule has 0 spiro atoms. The molecule has 0 fully saturated rings. The lowest BCUT2D eigenvalue weighted by Gasteiger charge is -2.19. The number of aliphatic hydroxyl groups is 1. The summed E-state index contributed by atoms with van der Waals surface area (Å²) in [4.78, 5) is 2.08. The molecule has 0 unspecified atom stereocenters. The van der Waals surface area contributed by atoms with Crippen molar-refractivity contribution < 1.29 is 9.84 Å². The monoisotopic (exact) mass is 214 g/mol. The number of methoxy groups -OCH3 is 1. The largest absolute Gasteiger partial charge is 0.395 e. The van der Waals surface area contributed by atoms with Crippen molar-refractivity contribution in [3.05, 3.63) is 12.2 Å². The lowest BCUT2D eigenvalue weighted by atomic mass is 10.4. The highest BCUT2D eigenvalue weighted by Crippen LogP contribution is 1.99. The molecule has 0 aliphatic heterocycles. The third-order valence-corrected chi connectivity index (χ3v) is 2.20. The highest BCUT2D eigenvalue weighted by atomic mass is 16.5. The average molecular weight is 214 g/mol. The van der Waals surface area contributed by atoms with E-state index in [1.807, 2.05) is 11.6 Å². The maximum absolute atomic E-state index is 8.91. The molecule has 0 aliphatic carbocycles. The van der Waals surface area contributed by atoms with Crippen LogP contribution in [0.25, 0.3) is 0 Å². The molecular weight excluding hydrogens is 196 g/mol. The third-order valence-electron chi connectivity index (χ3n) is 2.20. The topological polar surface area (TPSA) is 63.4 Å². The van der Waals surface area contributed by atoms with Crippen LogP contribution in [-0.2, 0) is 18.3 Å². The van der Waals surface area contributed by atoms with Crippen molar-refractivity contribution in [3.8, 4) is 0 Å². The molecule has 15 heavy (non-hydrogen) atoms. The normalized spacial score (nSPS) is 11.2. The van der Waals surface area contributed by atoms with Gasteiger partial charge in [0.05, 0.1) is 19.8 Å². The predicted octanol–water partition coefficient (Wildman–Crippen LogP) is -0.744. The molecule has 1 heterocycles. The summed E-state index contributed by atoms with van der Waals surface area (Å²) in [6.45, 7) is 2.87. The van der Waals surface area contributed by atoms with Gasteiger partial charge in [-0.05, 0) is 0 Å². The lowest BCUT2D eigenvalue weighted by Crippen LogP contribution is -2.30. The third kappa shape index (κ3) is 3.94. The minimum atomic E-state index is 0.140. The first-order valence-corrected chi connectivity index (χ1v) is 4.93. The summed E-state index contributed by atoms with van der Waals surface area (Å²) in [6.07, 6.45) is 1.67. The molecule has 1 aromatic heterocycles. The number of aryl methyl sites for hydroxylation is 1. The molecule has 1 aromatic rings. The Hall–Kier alpha value is -0.980. The minimum Gasteiger partial charge on any atom is -0.395 e. The molecule has 6 heteroatoms. The Morgan fingerprint density at radius 3 is 2.87 bits per heavy atom. The second-order valence-electron chi connectivity index (χ2n) is 3.35. The highest BCUT2D eigenvalue weighted by molar-refractivity contribution is 4.84. The average Bonchev–Trinajstić information content (AvgIpc) is 2.61. The summed E-state index contributed by atoms with van der Waals surface area (Å²) in [5.41, 5.74) is 0. The summed E-state index contributed by atoms with van der Waals surface area (Å²) < 4.78 is 6.87. The van der Waals surface area contributed by atoms with Gasteiger partial charge in [-0.15, -0.1) is 10.2 Å². The van der Waals surface area contributed by atoms with Gasteiger partial charge < -0.3 is 14.4 Å². The van der Waals surface area contributed by atoms with Crippen molar-refractivity contribution in [2.45, 2.75) is 6.54 Å². The summed E-state index contributed by atoms with van der Waals surface area (Å²) in [6, 6.07) is 0. The van der Waals surface area contributed by atoms with E-state index in [-0.39, 0.29) is 6.61 Å². The maximum atomic E-state index is 8.91. The van der Waals surface area contributed by atoms with Crippen LogP contribution in [0.2, 0.25) is 0 Å². The Balaban J connectivity index is 2.46. The summed E-state index contributed by atoms with van der Waals surface area (Å²) in [7, 11) is 3.57. The molecule has 0 radical (unpaired) electrons. The number of hydrogen-bond donors (Lipinski definition) is 1. The van der Waals surface area contributed by atoms with Crippen LogP contribution >= 0.6 is 0 Å². The fourth-order valence-electron chi connectivity index (χ4n) is 1.28. The molecule has 0 amide bonds. The Morgan fingerprint density at radius 1 is 1.53 bits per heavy atom. The van der Waals surface area contributed by atoms with Crippen LogP contribution in [0.5, 0.6) is 0 Å². The van der Waals surface area contributed by atoms with E-state index in [1.165, 1.54) is 0 Å². The van der Waals surface area contributed by atoms with Gasteiger partial charge in [-0.1, -0.05) is 0 Å². The number of rotatable bonds is 7. The van der Waals surface area contributed by atoms with E-state index in [2.05, 4.69) is 15.1 Å². The van der Waals surface area contributed by atoms with E-state index >= 15 is 0 Å². The zero-order chi connectivity index (χ0) is 11.1. The van der Waals surface area contributed by atoms with Gasteiger partial charge in [0.25, 0.3) is 0 Å². The Kier molecular flexibility index (Phi) is 5.23. The molecular formula is C9H18N4O2. The van der Waals surface area contributed by atoms with Crippen LogP contribution < -0.4 is 0 Å². The van der Waals surface area contributed by atoms with Gasteiger partial charge >= 0.3 is 0 Å². The number of aromatic nitrogens is 3. The van der Waals surface area contributed by atoms with Crippen LogP contribution in [0.15, 0.2) is 6.33 Å². The van der Waals surface area contributed by atoms with Crippen molar-refractivity contribution in [1.82, 2.24) is 19.7 Å². The van der Waals surface area contributed by atoms with E-state index in [9.17, 15) is 0 Å². The minimum absolute atomic E-state index is 0.140. The molecule has 0 saturated carbocycles. The van der Waals surface area contributed by atoms with E-state index in [4.69, 9.17) is 9.84 Å². The zero-order valence-corrected chi connectivity index (χ0v) is 9.26. The van der Waals surface area contributed by atoms with E-state index in [0.29, 0.717) is 19.7 Å². The molecule has 1 rings (SSSR count). The van der Waals surface area contributed by atoms with Crippen molar-refractivity contribution in [1.29, 1.82) is 0 Å². The molecule has 0 bridgehead atoms. The molecule has 86 valence electrons. The standard InChI is InChI=1S/C9H18N4O2/c1-12-8-10-11-9(12)7-13(3-5-14)4-6-15-2/h8,14H,3-7H2,1-2H3. The first-order chi connectivity index (χ1) is 7.27. The number of aliphatic hydroxyl groups excluding tert-OH is 1. The Labute approximate surface area is 89.5 Å². The van der Waals surface area contributed by atoms with Crippen LogP contribution in [-0.4, -0.2) is 58.2 Å². The predicted molar refractivity (Wildman–Crippen MR) is 55.2 cm³/mol. The molecule has 0 atom stereocenters. The maximum Gasteiger partial charge on any atom is 0.146 e. The molecule has 6 nitrogen and oxygen atoms in total. The van der Waals surface area contributed by atoms with Gasteiger partial charge in [0, 0.05) is 27.2 Å². The van der Waals surface area contributed by atoms with Gasteiger partial charge in [-0.25, -0.2) is 0 Å². The van der Waals surface area contributed by atoms with Gasteiger partial charge in [-0.3, -0.25) is 4.90 Å². The van der Waals surface area contributed by atoms with Gasteiger partial charge in [-0.2, -0.15) is 0 Å². The molecule has 0 aliphatic rings. The fourth-order valence-corrected chi connectivity index (χ4v) is 1.28. The highest BCUT2D eigenvalue weighted by Gasteiger charge is 2.08. The smallest absolute Gasteiger partial charge is 0.146 e. The molecule has 0 saturated heterocycles. The lowest BCUT2D eigenvalue weighted by molar-refractivity contribution is 0.124. The van der Waals surface area contributed by atoms with E-state index in [1.54, 1.807) is 13.4 Å². The van der Waals surface area contributed by atoms with Crippen molar-refractivity contribution in [2.24, 2.45) is 7.05 Å². The second kappa shape index (κ2) is 6.49. The molecule has 0 aromatic carbocycles. The number of hydrogen-bond acceptors (Lipinski definition) is 5. The van der Waals surface area contributed by atoms with Crippen LogP contribution in [0, 0.1) is 0 Å². The van der Waals surface area contributed by atoms with Gasteiger partial charge in [0.1, 0.15) is 12.2 Å². The quantitative estimate of drug-likeness (QED) is 0.647. The molecule has 1 N–H and O–H groups in total. The number of ether oxygens (including phenoxy) is 1. The summed E-state index contributed by atoms with van der Waals surface area (Å²) >= 11 is 0. The zero-order valence-electron chi connectivity index (χ0n) is 9.26. The summed E-state index contributed by atoms with van der Waals surface area (Å²) in [5, 5.41) is 16.7. The first-order valence-electron chi connectivity index (χ1n) is 4.93. The van der Waals surface area contributed by atoms with Crippen LogP contribution in [0.4, 0.5) is 0 Å². The van der Waals surface area contributed by atoms with E-state index < -0.39 is 0 Å². The Bertz CT molecular complexity index is 277.